The molecule has 0 aliphatic carbocycles. The SMILES string of the molecule is COCCNCC=Cc1sc(N(C)C)nc1Cl. The van der Waals surface area contributed by atoms with Gasteiger partial charge in [0.25, 0.3) is 0 Å². The molecular formula is C11H18ClN3OS. The van der Waals surface area contributed by atoms with Crippen LogP contribution in [0.2, 0.25) is 5.15 Å². The highest BCUT2D eigenvalue weighted by Gasteiger charge is 2.07. The number of halogens is 1. The number of rotatable bonds is 7. The van der Waals surface area contributed by atoms with Crippen molar-refractivity contribution in [1.82, 2.24) is 10.3 Å². The van der Waals surface area contributed by atoms with Crippen LogP contribution < -0.4 is 10.2 Å². The van der Waals surface area contributed by atoms with Gasteiger partial charge < -0.3 is 15.0 Å². The van der Waals surface area contributed by atoms with Crippen molar-refractivity contribution in [2.45, 2.75) is 0 Å². The molecule has 0 atom stereocenters. The predicted octanol–water partition coefficient (Wildman–Crippen LogP) is 2.11. The fraction of sp³-hybridized carbons (Fsp3) is 0.545. The van der Waals surface area contributed by atoms with Gasteiger partial charge >= 0.3 is 0 Å². The van der Waals surface area contributed by atoms with Crippen LogP contribution in [-0.2, 0) is 4.74 Å². The van der Waals surface area contributed by atoms with Crippen LogP contribution in [0.4, 0.5) is 5.13 Å². The van der Waals surface area contributed by atoms with Crippen molar-refractivity contribution in [3.05, 3.63) is 16.1 Å². The molecule has 1 aromatic heterocycles. The first-order chi connectivity index (χ1) is 8.15. The summed E-state index contributed by atoms with van der Waals surface area (Å²) < 4.78 is 4.93. The number of hydrogen-bond acceptors (Lipinski definition) is 5. The maximum atomic E-state index is 6.03. The molecule has 0 fully saturated rings. The molecule has 0 aromatic carbocycles. The number of nitrogens with one attached hydrogen (secondary N) is 1. The number of hydrogen-bond donors (Lipinski definition) is 1. The summed E-state index contributed by atoms with van der Waals surface area (Å²) in [6, 6.07) is 0. The van der Waals surface area contributed by atoms with Crippen LogP contribution in [-0.4, -0.2) is 45.9 Å². The summed E-state index contributed by atoms with van der Waals surface area (Å²) in [4.78, 5) is 7.20. The summed E-state index contributed by atoms with van der Waals surface area (Å²) in [5, 5.41) is 4.70. The molecule has 0 bridgehead atoms. The third-order valence-electron chi connectivity index (χ3n) is 2.00. The maximum absolute atomic E-state index is 6.03. The second-order valence-electron chi connectivity index (χ2n) is 3.65. The van der Waals surface area contributed by atoms with Gasteiger partial charge in [-0.2, -0.15) is 0 Å². The van der Waals surface area contributed by atoms with Crippen LogP contribution in [0.15, 0.2) is 6.08 Å². The Labute approximate surface area is 111 Å². The Morgan fingerprint density at radius 3 is 2.88 bits per heavy atom. The lowest BCUT2D eigenvalue weighted by atomic mass is 10.4. The smallest absolute Gasteiger partial charge is 0.186 e. The fourth-order valence-corrected chi connectivity index (χ4v) is 2.24. The van der Waals surface area contributed by atoms with Crippen molar-refractivity contribution in [3.63, 3.8) is 0 Å². The first-order valence-electron chi connectivity index (χ1n) is 5.35. The van der Waals surface area contributed by atoms with Crippen molar-refractivity contribution in [2.75, 3.05) is 45.8 Å². The lowest BCUT2D eigenvalue weighted by molar-refractivity contribution is 0.200. The van der Waals surface area contributed by atoms with Crippen molar-refractivity contribution in [2.24, 2.45) is 0 Å². The third-order valence-corrected chi connectivity index (χ3v) is 3.58. The van der Waals surface area contributed by atoms with Gasteiger partial charge in [0.15, 0.2) is 5.13 Å². The molecule has 0 aliphatic heterocycles. The molecule has 0 radical (unpaired) electrons. The monoisotopic (exact) mass is 275 g/mol. The molecule has 0 saturated carbocycles. The van der Waals surface area contributed by atoms with E-state index in [4.69, 9.17) is 16.3 Å². The lowest BCUT2D eigenvalue weighted by Gasteiger charge is -2.04. The summed E-state index contributed by atoms with van der Waals surface area (Å²) >= 11 is 7.61. The highest BCUT2D eigenvalue weighted by molar-refractivity contribution is 7.17. The van der Waals surface area contributed by atoms with Crippen molar-refractivity contribution >= 4 is 34.1 Å². The lowest BCUT2D eigenvalue weighted by Crippen LogP contribution is -2.18. The molecule has 4 nitrogen and oxygen atoms in total. The second-order valence-corrected chi connectivity index (χ2v) is 5.01. The van der Waals surface area contributed by atoms with E-state index in [0.29, 0.717) is 5.15 Å². The molecule has 96 valence electrons. The largest absolute Gasteiger partial charge is 0.383 e. The van der Waals surface area contributed by atoms with Gasteiger partial charge in [-0.15, -0.1) is 0 Å². The number of methoxy groups -OCH3 is 1. The number of thiazole rings is 1. The standard InChI is InChI=1S/C11H18ClN3OS/c1-15(2)11-14-10(12)9(17-11)5-4-6-13-7-8-16-3/h4-5,13H,6-8H2,1-3H3. The third kappa shape index (κ3) is 5.04. The van der Waals surface area contributed by atoms with Gasteiger partial charge in [-0.1, -0.05) is 29.0 Å². The Hall–Kier alpha value is -0.620. The molecule has 1 heterocycles. The molecular weight excluding hydrogens is 258 g/mol. The molecule has 0 spiro atoms. The maximum Gasteiger partial charge on any atom is 0.186 e. The molecule has 1 aromatic rings. The van der Waals surface area contributed by atoms with Crippen LogP contribution in [0.5, 0.6) is 0 Å². The molecule has 0 amide bonds. The van der Waals surface area contributed by atoms with Gasteiger partial charge in [0.1, 0.15) is 5.15 Å². The number of aromatic nitrogens is 1. The minimum Gasteiger partial charge on any atom is -0.383 e. The van der Waals surface area contributed by atoms with E-state index in [1.165, 1.54) is 0 Å². The van der Waals surface area contributed by atoms with Gasteiger partial charge in [-0.05, 0) is 6.08 Å². The summed E-state index contributed by atoms with van der Waals surface area (Å²) in [5.74, 6) is 0. The first-order valence-corrected chi connectivity index (χ1v) is 6.54. The van der Waals surface area contributed by atoms with Crippen molar-refractivity contribution in [3.8, 4) is 0 Å². The van der Waals surface area contributed by atoms with E-state index in [2.05, 4.69) is 10.3 Å². The quantitative estimate of drug-likeness (QED) is 0.774. The van der Waals surface area contributed by atoms with E-state index < -0.39 is 0 Å². The first kappa shape index (κ1) is 14.4. The number of ether oxygens (including phenoxy) is 1. The number of nitrogens with zero attached hydrogens (tertiary/aromatic N) is 2. The molecule has 0 unspecified atom stereocenters. The van der Waals surface area contributed by atoms with Gasteiger partial charge in [-0.3, -0.25) is 0 Å². The summed E-state index contributed by atoms with van der Waals surface area (Å²) in [7, 11) is 5.60. The Bertz CT molecular complexity index is 366. The molecule has 17 heavy (non-hydrogen) atoms. The van der Waals surface area contributed by atoms with Gasteiger partial charge in [0, 0.05) is 34.3 Å². The topological polar surface area (TPSA) is 37.4 Å². The molecule has 1 rings (SSSR count). The van der Waals surface area contributed by atoms with Gasteiger partial charge in [-0.25, -0.2) is 4.98 Å². The zero-order valence-corrected chi connectivity index (χ0v) is 11.9. The average molecular weight is 276 g/mol. The molecule has 0 saturated heterocycles. The Balaban J connectivity index is 2.42. The number of anilines is 1. The molecule has 1 N–H and O–H groups in total. The summed E-state index contributed by atoms with van der Waals surface area (Å²) in [6.45, 7) is 2.37. The summed E-state index contributed by atoms with van der Waals surface area (Å²) in [6.07, 6.45) is 4.03. The predicted molar refractivity (Wildman–Crippen MR) is 75.2 cm³/mol. The summed E-state index contributed by atoms with van der Waals surface area (Å²) in [5.41, 5.74) is 0. The van der Waals surface area contributed by atoms with Crippen molar-refractivity contribution in [1.29, 1.82) is 0 Å². The van der Waals surface area contributed by atoms with Gasteiger partial charge in [0.05, 0.1) is 11.5 Å². The van der Waals surface area contributed by atoms with E-state index in [1.54, 1.807) is 18.4 Å². The Kier molecular flexibility index (Phi) is 6.50. The average Bonchev–Trinajstić information content (AvgIpc) is 2.65. The van der Waals surface area contributed by atoms with Crippen LogP contribution >= 0.6 is 22.9 Å². The van der Waals surface area contributed by atoms with E-state index >= 15 is 0 Å². The Morgan fingerprint density at radius 2 is 2.29 bits per heavy atom. The van der Waals surface area contributed by atoms with Crippen molar-refractivity contribution < 1.29 is 4.74 Å². The molecule has 0 aliphatic rings. The van der Waals surface area contributed by atoms with E-state index in [1.807, 2.05) is 31.1 Å². The highest BCUT2D eigenvalue weighted by atomic mass is 35.5. The second kappa shape index (κ2) is 7.66. The zero-order valence-electron chi connectivity index (χ0n) is 10.4. The zero-order chi connectivity index (χ0) is 12.7. The van der Waals surface area contributed by atoms with Crippen LogP contribution in [0.1, 0.15) is 4.88 Å². The van der Waals surface area contributed by atoms with E-state index in [-0.39, 0.29) is 0 Å². The normalized spacial score (nSPS) is 11.3. The highest BCUT2D eigenvalue weighted by Crippen LogP contribution is 2.29. The van der Waals surface area contributed by atoms with Crippen LogP contribution in [0.3, 0.4) is 0 Å². The Morgan fingerprint density at radius 1 is 1.53 bits per heavy atom. The van der Waals surface area contributed by atoms with E-state index in [9.17, 15) is 0 Å². The van der Waals surface area contributed by atoms with Crippen LogP contribution in [0.25, 0.3) is 6.08 Å². The fourth-order valence-electron chi connectivity index (χ4n) is 1.12. The minimum atomic E-state index is 0.562. The molecule has 6 heteroatoms. The minimum absolute atomic E-state index is 0.562. The van der Waals surface area contributed by atoms with E-state index in [0.717, 1.165) is 29.7 Å². The van der Waals surface area contributed by atoms with Crippen LogP contribution in [0, 0.1) is 0 Å². The van der Waals surface area contributed by atoms with Gasteiger partial charge in [0.2, 0.25) is 0 Å².